The molecule has 0 amide bonds. The Morgan fingerprint density at radius 2 is 2.14 bits per heavy atom. The summed E-state index contributed by atoms with van der Waals surface area (Å²) in [5, 5.41) is 11.5. The summed E-state index contributed by atoms with van der Waals surface area (Å²) in [6.45, 7) is 4.81. The molecule has 1 N–H and O–H groups in total. The highest BCUT2D eigenvalue weighted by Gasteiger charge is 2.32. The van der Waals surface area contributed by atoms with Crippen LogP contribution in [0, 0.1) is 0 Å². The van der Waals surface area contributed by atoms with Crippen LogP contribution in [0.15, 0.2) is 8.68 Å². The average Bonchev–Trinajstić information content (AvgIpc) is 2.96. The van der Waals surface area contributed by atoms with Gasteiger partial charge in [0.15, 0.2) is 8.68 Å². The predicted octanol–water partition coefficient (Wildman–Crippen LogP) is 3.06. The van der Waals surface area contributed by atoms with Crippen LogP contribution in [0.5, 0.6) is 0 Å². The number of methoxy groups -OCH3 is 1. The Bertz CT molecular complexity index is 442. The van der Waals surface area contributed by atoms with Gasteiger partial charge in [0.25, 0.3) is 0 Å². The second-order valence-electron chi connectivity index (χ2n) is 4.74. The molecule has 8 heteroatoms. The summed E-state index contributed by atoms with van der Waals surface area (Å²) in [5.74, 6) is 0.727. The van der Waals surface area contributed by atoms with Crippen molar-refractivity contribution in [1.29, 1.82) is 0 Å². The monoisotopic (exact) mass is 349 g/mol. The van der Waals surface area contributed by atoms with Gasteiger partial charge in [-0.1, -0.05) is 41.8 Å². The first kappa shape index (κ1) is 18.7. The number of carbonyl (C=O) groups excluding carboxylic acids is 1. The molecule has 0 saturated carbocycles. The first-order valence-electron chi connectivity index (χ1n) is 6.89. The Hall–Kier alpha value is -0.310. The fraction of sp³-hybridized carbons (Fsp3) is 0.769. The van der Waals surface area contributed by atoms with Crippen molar-refractivity contribution < 1.29 is 9.53 Å². The highest BCUT2D eigenvalue weighted by Crippen LogP contribution is 2.28. The molecular weight excluding hydrogens is 326 g/mol. The van der Waals surface area contributed by atoms with Gasteiger partial charge in [0.2, 0.25) is 0 Å². The van der Waals surface area contributed by atoms with Gasteiger partial charge in [-0.15, -0.1) is 10.2 Å². The Morgan fingerprint density at radius 3 is 2.71 bits per heavy atom. The maximum Gasteiger partial charge on any atom is 0.325 e. The number of esters is 1. The summed E-state index contributed by atoms with van der Waals surface area (Å²) >= 11 is 4.91. The largest absolute Gasteiger partial charge is 0.468 e. The van der Waals surface area contributed by atoms with Crippen LogP contribution in [0.4, 0.5) is 0 Å². The molecule has 1 aromatic heterocycles. The summed E-state index contributed by atoms with van der Waals surface area (Å²) in [6.07, 6.45) is 4.65. The number of nitrogens with one attached hydrogen (secondary N) is 1. The number of hydrogen-bond donors (Lipinski definition) is 1. The minimum atomic E-state index is -0.600. The molecule has 1 heterocycles. The van der Waals surface area contributed by atoms with Crippen molar-refractivity contribution in [3.8, 4) is 0 Å². The zero-order chi connectivity index (χ0) is 15.7. The van der Waals surface area contributed by atoms with E-state index >= 15 is 0 Å². The smallest absolute Gasteiger partial charge is 0.325 e. The first-order valence-corrected chi connectivity index (χ1v) is 9.92. The van der Waals surface area contributed by atoms with E-state index in [0.717, 1.165) is 40.2 Å². The van der Waals surface area contributed by atoms with E-state index in [0.29, 0.717) is 0 Å². The molecule has 0 fully saturated rings. The Morgan fingerprint density at radius 1 is 1.43 bits per heavy atom. The lowest BCUT2D eigenvalue weighted by molar-refractivity contribution is -0.148. The summed E-state index contributed by atoms with van der Waals surface area (Å²) in [6, 6.07) is 0. The van der Waals surface area contributed by atoms with Gasteiger partial charge in [-0.3, -0.25) is 4.79 Å². The van der Waals surface area contributed by atoms with Gasteiger partial charge in [-0.2, -0.15) is 0 Å². The lowest BCUT2D eigenvalue weighted by Gasteiger charge is -2.27. The number of thioether (sulfide) groups is 2. The third-order valence-corrected chi connectivity index (χ3v) is 6.13. The van der Waals surface area contributed by atoms with Gasteiger partial charge < -0.3 is 10.1 Å². The first-order chi connectivity index (χ1) is 10.1. The van der Waals surface area contributed by atoms with Gasteiger partial charge in [-0.25, -0.2) is 0 Å². The molecule has 0 bridgehead atoms. The predicted molar refractivity (Wildman–Crippen MR) is 90.4 cm³/mol. The van der Waals surface area contributed by atoms with Crippen molar-refractivity contribution in [3.63, 3.8) is 0 Å². The lowest BCUT2D eigenvalue weighted by Crippen LogP contribution is -2.50. The molecule has 1 atom stereocenters. The zero-order valence-corrected chi connectivity index (χ0v) is 15.4. The highest BCUT2D eigenvalue weighted by molar-refractivity contribution is 8.02. The van der Waals surface area contributed by atoms with Gasteiger partial charge in [0, 0.05) is 5.75 Å². The van der Waals surface area contributed by atoms with E-state index in [4.69, 9.17) is 4.74 Å². The quantitative estimate of drug-likeness (QED) is 0.395. The number of rotatable bonds is 10. The topological polar surface area (TPSA) is 64.1 Å². The summed E-state index contributed by atoms with van der Waals surface area (Å²) < 4.78 is 6.89. The van der Waals surface area contributed by atoms with E-state index in [2.05, 4.69) is 22.4 Å². The molecule has 0 aliphatic heterocycles. The Labute approximate surface area is 139 Å². The second-order valence-corrected chi connectivity index (χ2v) is 8.11. The molecule has 21 heavy (non-hydrogen) atoms. The van der Waals surface area contributed by atoms with Crippen LogP contribution < -0.4 is 5.32 Å². The van der Waals surface area contributed by atoms with Crippen molar-refractivity contribution in [2.24, 2.45) is 0 Å². The molecular formula is C13H23N3O2S3. The van der Waals surface area contributed by atoms with Gasteiger partial charge in [-0.05, 0) is 39.0 Å². The molecule has 0 spiro atoms. The Balaban J connectivity index is 2.40. The van der Waals surface area contributed by atoms with E-state index in [-0.39, 0.29) is 5.97 Å². The van der Waals surface area contributed by atoms with E-state index < -0.39 is 5.54 Å². The summed E-state index contributed by atoms with van der Waals surface area (Å²) in [7, 11) is 1.44. The van der Waals surface area contributed by atoms with E-state index in [1.165, 1.54) is 7.11 Å². The molecule has 0 aromatic carbocycles. The Kier molecular flexibility index (Phi) is 8.62. The summed E-state index contributed by atoms with van der Waals surface area (Å²) in [5.41, 5.74) is -0.600. The van der Waals surface area contributed by atoms with Crippen LogP contribution in [-0.2, 0) is 9.53 Å². The van der Waals surface area contributed by atoms with E-state index in [9.17, 15) is 4.79 Å². The van der Waals surface area contributed by atoms with Crippen LogP contribution in [-0.4, -0.2) is 47.4 Å². The van der Waals surface area contributed by atoms with Crippen LogP contribution in [0.2, 0.25) is 0 Å². The average molecular weight is 350 g/mol. The number of hydrogen-bond acceptors (Lipinski definition) is 8. The van der Waals surface area contributed by atoms with Crippen LogP contribution >= 0.6 is 34.9 Å². The standard InChI is InChI=1S/C13H23N3O2S3/c1-5-8-14-13(2,10(17)18-3)7-6-9-20-12-16-15-11(19-4)21-12/h14H,5-9H2,1-4H3. The minimum Gasteiger partial charge on any atom is -0.468 e. The SMILES string of the molecule is CCCNC(C)(CCCSc1nnc(SC)s1)C(=O)OC. The molecule has 1 aromatic rings. The molecule has 0 aliphatic rings. The lowest BCUT2D eigenvalue weighted by atomic mass is 9.96. The van der Waals surface area contributed by atoms with Crippen molar-refractivity contribution in [2.45, 2.75) is 47.3 Å². The van der Waals surface area contributed by atoms with Crippen LogP contribution in [0.25, 0.3) is 0 Å². The third-order valence-electron chi connectivity index (χ3n) is 3.01. The van der Waals surface area contributed by atoms with Crippen molar-refractivity contribution >= 4 is 40.8 Å². The molecule has 0 radical (unpaired) electrons. The molecule has 1 unspecified atom stereocenters. The maximum atomic E-state index is 11.9. The molecule has 120 valence electrons. The van der Waals surface area contributed by atoms with E-state index in [1.807, 2.05) is 13.2 Å². The molecule has 1 rings (SSSR count). The maximum absolute atomic E-state index is 11.9. The second kappa shape index (κ2) is 9.66. The van der Waals surface area contributed by atoms with Crippen molar-refractivity contribution in [1.82, 2.24) is 15.5 Å². The molecule has 0 aliphatic carbocycles. The third kappa shape index (κ3) is 6.14. The zero-order valence-electron chi connectivity index (χ0n) is 13.0. The van der Waals surface area contributed by atoms with Crippen molar-refractivity contribution in [3.05, 3.63) is 0 Å². The van der Waals surface area contributed by atoms with Crippen LogP contribution in [0.3, 0.4) is 0 Å². The van der Waals surface area contributed by atoms with Gasteiger partial charge in [0.1, 0.15) is 5.54 Å². The van der Waals surface area contributed by atoms with Crippen LogP contribution in [0.1, 0.15) is 33.1 Å². The number of aromatic nitrogens is 2. The number of carbonyl (C=O) groups is 1. The molecule has 5 nitrogen and oxygen atoms in total. The van der Waals surface area contributed by atoms with Gasteiger partial charge >= 0.3 is 5.97 Å². The number of nitrogens with zero attached hydrogens (tertiary/aromatic N) is 2. The highest BCUT2D eigenvalue weighted by atomic mass is 32.2. The summed E-state index contributed by atoms with van der Waals surface area (Å²) in [4.78, 5) is 11.9. The number of ether oxygens (including phenoxy) is 1. The van der Waals surface area contributed by atoms with Crippen molar-refractivity contribution in [2.75, 3.05) is 25.7 Å². The fourth-order valence-electron chi connectivity index (χ4n) is 1.81. The van der Waals surface area contributed by atoms with E-state index in [1.54, 1.807) is 34.9 Å². The fourth-order valence-corrected chi connectivity index (χ4v) is 4.26. The van der Waals surface area contributed by atoms with Gasteiger partial charge in [0.05, 0.1) is 7.11 Å². The molecule has 0 saturated heterocycles. The normalized spacial score (nSPS) is 13.9. The minimum absolute atomic E-state index is 0.193.